The Bertz CT molecular complexity index is 756. The summed E-state index contributed by atoms with van der Waals surface area (Å²) in [5.41, 5.74) is 1.35. The molecule has 2 fully saturated rings. The van der Waals surface area contributed by atoms with Crippen LogP contribution in [0.3, 0.4) is 0 Å². The van der Waals surface area contributed by atoms with Crippen LogP contribution in [-0.2, 0) is 4.74 Å². The molecule has 0 unspecified atom stereocenters. The molecule has 0 aromatic heterocycles. The van der Waals surface area contributed by atoms with Gasteiger partial charge >= 0.3 is 12.1 Å². The summed E-state index contributed by atoms with van der Waals surface area (Å²) >= 11 is 0. The number of likely N-dealkylation sites (N-methyl/N-ethyl adjacent to an activating group) is 1. The van der Waals surface area contributed by atoms with E-state index < -0.39 is 11.7 Å². The molecule has 172 valence electrons. The predicted octanol–water partition coefficient (Wildman–Crippen LogP) is 3.35. The number of ether oxygens (including phenoxy) is 1. The average Bonchev–Trinajstić information content (AvgIpc) is 2.72. The summed E-state index contributed by atoms with van der Waals surface area (Å²) in [6.07, 6.45) is 2.43. The van der Waals surface area contributed by atoms with Crippen molar-refractivity contribution in [2.24, 2.45) is 0 Å². The molecule has 2 N–H and O–H groups in total. The lowest BCUT2D eigenvalue weighted by molar-refractivity contribution is 0.0505. The van der Waals surface area contributed by atoms with Crippen molar-refractivity contribution in [2.45, 2.75) is 51.7 Å². The number of benzene rings is 1. The smallest absolute Gasteiger partial charge is 0.407 e. The molecule has 8 heteroatoms. The molecule has 1 aromatic rings. The number of piperazine rings is 1. The van der Waals surface area contributed by atoms with Crippen molar-refractivity contribution in [1.29, 1.82) is 0 Å². The fraction of sp³-hybridized carbons (Fsp3) is 0.652. The van der Waals surface area contributed by atoms with Crippen molar-refractivity contribution in [3.8, 4) is 0 Å². The van der Waals surface area contributed by atoms with Crippen molar-refractivity contribution >= 4 is 23.5 Å². The maximum absolute atomic E-state index is 13.2. The van der Waals surface area contributed by atoms with Gasteiger partial charge in [-0.25, -0.2) is 9.59 Å². The monoisotopic (exact) mass is 431 g/mol. The van der Waals surface area contributed by atoms with Gasteiger partial charge in [0.05, 0.1) is 17.4 Å². The fourth-order valence-corrected chi connectivity index (χ4v) is 4.08. The topological polar surface area (TPSA) is 77.2 Å². The summed E-state index contributed by atoms with van der Waals surface area (Å²) in [6, 6.07) is 7.83. The molecule has 3 rings (SSSR count). The number of para-hydroxylation sites is 2. The minimum atomic E-state index is -0.541. The number of nitrogens with one attached hydrogen (secondary N) is 2. The predicted molar refractivity (Wildman–Crippen MR) is 124 cm³/mol. The standard InChI is InChI=1S/C23H37N5O3/c1-23(2,3)31-22(30)24-17-18-9-7-8-12-28(18)21(29)25-19-10-5-6-11-20(19)27-15-13-26(4)14-16-27/h5-6,10-11,18H,7-9,12-17H2,1-4H3,(H,24,30)(H,25,29)/t18-/m1/s1. The van der Waals surface area contributed by atoms with Crippen LogP contribution in [-0.4, -0.2) is 79.9 Å². The number of anilines is 2. The van der Waals surface area contributed by atoms with Crippen LogP contribution in [0.2, 0.25) is 0 Å². The van der Waals surface area contributed by atoms with E-state index >= 15 is 0 Å². The lowest BCUT2D eigenvalue weighted by Crippen LogP contribution is -2.51. The van der Waals surface area contributed by atoms with Crippen molar-refractivity contribution < 1.29 is 14.3 Å². The summed E-state index contributed by atoms with van der Waals surface area (Å²) in [5, 5.41) is 5.96. The van der Waals surface area contributed by atoms with Crippen LogP contribution in [0.5, 0.6) is 0 Å². The second-order valence-electron chi connectivity index (χ2n) is 9.46. The van der Waals surface area contributed by atoms with Gasteiger partial charge in [-0.1, -0.05) is 12.1 Å². The number of carbonyl (C=O) groups is 2. The first-order chi connectivity index (χ1) is 14.7. The van der Waals surface area contributed by atoms with Gasteiger partial charge in [-0.05, 0) is 59.2 Å². The Kier molecular flexibility index (Phi) is 7.64. The van der Waals surface area contributed by atoms with Crippen LogP contribution in [0.1, 0.15) is 40.0 Å². The third-order valence-corrected chi connectivity index (χ3v) is 5.76. The third kappa shape index (κ3) is 6.75. The number of alkyl carbamates (subject to hydrolysis) is 1. The molecule has 0 bridgehead atoms. The summed E-state index contributed by atoms with van der Waals surface area (Å²) in [5.74, 6) is 0. The second kappa shape index (κ2) is 10.2. The molecule has 2 saturated heterocycles. The molecule has 1 aromatic carbocycles. The maximum atomic E-state index is 13.2. The van der Waals surface area contributed by atoms with Crippen molar-refractivity contribution in [2.75, 3.05) is 56.5 Å². The Hall–Kier alpha value is -2.48. The van der Waals surface area contributed by atoms with E-state index in [0.29, 0.717) is 13.1 Å². The highest BCUT2D eigenvalue weighted by atomic mass is 16.6. The largest absolute Gasteiger partial charge is 0.444 e. The van der Waals surface area contributed by atoms with Crippen molar-refractivity contribution in [1.82, 2.24) is 15.1 Å². The van der Waals surface area contributed by atoms with Gasteiger partial charge in [0.1, 0.15) is 5.60 Å². The molecule has 1 atom stereocenters. The number of carbonyl (C=O) groups excluding carboxylic acids is 2. The van der Waals surface area contributed by atoms with Gasteiger partial charge in [0.25, 0.3) is 0 Å². The zero-order chi connectivity index (χ0) is 22.4. The van der Waals surface area contributed by atoms with E-state index in [2.05, 4.69) is 33.5 Å². The van der Waals surface area contributed by atoms with Gasteiger partial charge in [-0.15, -0.1) is 0 Å². The molecule has 0 saturated carbocycles. The van der Waals surface area contributed by atoms with Gasteiger partial charge in [0.15, 0.2) is 0 Å². The highest BCUT2D eigenvalue weighted by Crippen LogP contribution is 2.27. The Morgan fingerprint density at radius 3 is 2.48 bits per heavy atom. The maximum Gasteiger partial charge on any atom is 0.407 e. The van der Waals surface area contributed by atoms with Gasteiger partial charge in [0.2, 0.25) is 0 Å². The van der Waals surface area contributed by atoms with Gasteiger partial charge in [0, 0.05) is 39.3 Å². The van der Waals surface area contributed by atoms with Crippen LogP contribution < -0.4 is 15.5 Å². The van der Waals surface area contributed by atoms with Crippen molar-refractivity contribution in [3.05, 3.63) is 24.3 Å². The molecule has 0 radical (unpaired) electrons. The van der Waals surface area contributed by atoms with E-state index in [1.807, 2.05) is 43.9 Å². The van der Waals surface area contributed by atoms with Crippen LogP contribution in [0.15, 0.2) is 24.3 Å². The average molecular weight is 432 g/mol. The molecule has 3 amide bonds. The Morgan fingerprint density at radius 2 is 1.77 bits per heavy atom. The molecule has 0 spiro atoms. The number of nitrogens with zero attached hydrogens (tertiary/aromatic N) is 3. The SMILES string of the molecule is CN1CCN(c2ccccc2NC(=O)N2CCCC[C@@H]2CNC(=O)OC(C)(C)C)CC1. The Morgan fingerprint density at radius 1 is 1.06 bits per heavy atom. The lowest BCUT2D eigenvalue weighted by atomic mass is 10.0. The quantitative estimate of drug-likeness (QED) is 0.765. The molecule has 2 heterocycles. The summed E-state index contributed by atoms with van der Waals surface area (Å²) in [6.45, 7) is 10.5. The normalized spacial score (nSPS) is 20.3. The Balaban J connectivity index is 1.63. The van der Waals surface area contributed by atoms with Crippen LogP contribution >= 0.6 is 0 Å². The fourth-order valence-electron chi connectivity index (χ4n) is 4.08. The summed E-state index contributed by atoms with van der Waals surface area (Å²) < 4.78 is 5.33. The molecule has 0 aliphatic carbocycles. The van der Waals surface area contributed by atoms with Crippen LogP contribution in [0.4, 0.5) is 21.0 Å². The highest BCUT2D eigenvalue weighted by molar-refractivity contribution is 5.93. The molecular weight excluding hydrogens is 394 g/mol. The summed E-state index contributed by atoms with van der Waals surface area (Å²) in [7, 11) is 2.13. The number of likely N-dealkylation sites (tertiary alicyclic amines) is 1. The minimum Gasteiger partial charge on any atom is -0.444 e. The molecular formula is C23H37N5O3. The van der Waals surface area contributed by atoms with Gasteiger partial charge in [-0.2, -0.15) is 0 Å². The Labute approximate surface area is 185 Å². The van der Waals surface area contributed by atoms with E-state index in [0.717, 1.165) is 56.8 Å². The van der Waals surface area contributed by atoms with E-state index in [4.69, 9.17) is 4.74 Å². The first-order valence-corrected chi connectivity index (χ1v) is 11.3. The first kappa shape index (κ1) is 23.2. The second-order valence-corrected chi connectivity index (χ2v) is 9.46. The molecule has 8 nitrogen and oxygen atoms in total. The molecule has 2 aliphatic heterocycles. The number of hydrogen-bond donors (Lipinski definition) is 2. The molecule has 2 aliphatic rings. The van der Waals surface area contributed by atoms with Gasteiger partial charge in [-0.3, -0.25) is 0 Å². The van der Waals surface area contributed by atoms with E-state index in [-0.39, 0.29) is 12.1 Å². The number of urea groups is 1. The number of piperidine rings is 1. The van der Waals surface area contributed by atoms with Gasteiger partial charge < -0.3 is 30.1 Å². The third-order valence-electron chi connectivity index (χ3n) is 5.76. The number of rotatable bonds is 4. The van der Waals surface area contributed by atoms with E-state index in [9.17, 15) is 9.59 Å². The van der Waals surface area contributed by atoms with Crippen LogP contribution in [0.25, 0.3) is 0 Å². The zero-order valence-corrected chi connectivity index (χ0v) is 19.3. The number of amides is 3. The van der Waals surface area contributed by atoms with Crippen molar-refractivity contribution in [3.63, 3.8) is 0 Å². The van der Waals surface area contributed by atoms with E-state index in [1.165, 1.54) is 0 Å². The zero-order valence-electron chi connectivity index (χ0n) is 19.3. The number of hydrogen-bond acceptors (Lipinski definition) is 5. The van der Waals surface area contributed by atoms with E-state index in [1.54, 1.807) is 0 Å². The lowest BCUT2D eigenvalue weighted by Gasteiger charge is -2.37. The highest BCUT2D eigenvalue weighted by Gasteiger charge is 2.28. The molecule has 31 heavy (non-hydrogen) atoms. The minimum absolute atomic E-state index is 0.0444. The summed E-state index contributed by atoms with van der Waals surface area (Å²) in [4.78, 5) is 31.7. The first-order valence-electron chi connectivity index (χ1n) is 11.3. The van der Waals surface area contributed by atoms with Crippen LogP contribution in [0, 0.1) is 0 Å².